The Morgan fingerprint density at radius 1 is 1.00 bits per heavy atom. The van der Waals surface area contributed by atoms with Crippen molar-refractivity contribution in [3.63, 3.8) is 0 Å². The molecule has 114 valence electrons. The van der Waals surface area contributed by atoms with Crippen molar-refractivity contribution >= 4 is 11.9 Å². The predicted molar refractivity (Wildman–Crippen MR) is 82.4 cm³/mol. The largest absolute Gasteiger partial charge is 0.463 e. The Balaban J connectivity index is 2.25. The van der Waals surface area contributed by atoms with Crippen molar-refractivity contribution in [2.75, 3.05) is 6.61 Å². The molecule has 0 saturated heterocycles. The number of carbonyl (C=O) groups is 2. The summed E-state index contributed by atoms with van der Waals surface area (Å²) < 4.78 is 10.4. The van der Waals surface area contributed by atoms with Crippen molar-refractivity contribution in [1.82, 2.24) is 0 Å². The first kappa shape index (κ1) is 15.8. The molecule has 0 N–H and O–H groups in total. The Morgan fingerprint density at radius 3 is 2.27 bits per heavy atom. The molecule has 4 heteroatoms. The molecule has 22 heavy (non-hydrogen) atoms. The summed E-state index contributed by atoms with van der Waals surface area (Å²) in [4.78, 5) is 24.4. The first-order valence-corrected chi connectivity index (χ1v) is 7.11. The lowest BCUT2D eigenvalue weighted by Crippen LogP contribution is -2.22. The Labute approximate surface area is 129 Å². The fraction of sp³-hybridized carbons (Fsp3) is 0.222. The highest BCUT2D eigenvalue weighted by Crippen LogP contribution is 2.21. The second-order valence-corrected chi connectivity index (χ2v) is 4.76. The Bertz CT molecular complexity index is 649. The second kappa shape index (κ2) is 7.41. The zero-order valence-electron chi connectivity index (χ0n) is 12.6. The van der Waals surface area contributed by atoms with Gasteiger partial charge >= 0.3 is 11.9 Å². The second-order valence-electron chi connectivity index (χ2n) is 4.76. The zero-order chi connectivity index (χ0) is 15.9. The van der Waals surface area contributed by atoms with Crippen molar-refractivity contribution in [2.24, 2.45) is 0 Å². The van der Waals surface area contributed by atoms with E-state index in [1.54, 1.807) is 43.3 Å². The minimum Gasteiger partial charge on any atom is -0.463 e. The molecular weight excluding hydrogens is 280 g/mol. The van der Waals surface area contributed by atoms with Gasteiger partial charge in [-0.2, -0.15) is 0 Å². The zero-order valence-corrected chi connectivity index (χ0v) is 12.6. The van der Waals surface area contributed by atoms with Crippen molar-refractivity contribution in [3.8, 4) is 0 Å². The van der Waals surface area contributed by atoms with Crippen LogP contribution in [0.3, 0.4) is 0 Å². The maximum absolute atomic E-state index is 12.3. The van der Waals surface area contributed by atoms with Crippen LogP contribution in [-0.2, 0) is 14.3 Å². The lowest BCUT2D eigenvalue weighted by Gasteiger charge is -2.17. The number of benzene rings is 2. The number of hydrogen-bond acceptors (Lipinski definition) is 4. The molecule has 0 heterocycles. The van der Waals surface area contributed by atoms with Gasteiger partial charge in [-0.3, -0.25) is 0 Å². The molecule has 0 aliphatic carbocycles. The van der Waals surface area contributed by atoms with Crippen LogP contribution in [0.5, 0.6) is 0 Å². The van der Waals surface area contributed by atoms with Gasteiger partial charge in [-0.15, -0.1) is 0 Å². The molecule has 0 spiro atoms. The lowest BCUT2D eigenvalue weighted by molar-refractivity contribution is -0.153. The standard InChI is InChI=1S/C18H18O4/c1-3-21-18(20)16(14-10-5-4-6-11-14)22-17(19)15-12-8-7-9-13(15)2/h4-12,16H,3H2,1-2H3. The number of aryl methyl sites for hydroxylation is 1. The number of ether oxygens (including phenoxy) is 2. The van der Waals surface area contributed by atoms with Crippen LogP contribution in [0.15, 0.2) is 54.6 Å². The minimum atomic E-state index is -1.06. The molecule has 0 saturated carbocycles. The number of rotatable bonds is 5. The van der Waals surface area contributed by atoms with Crippen LogP contribution < -0.4 is 0 Å². The van der Waals surface area contributed by atoms with Gasteiger partial charge in [-0.25, -0.2) is 9.59 Å². The normalized spacial score (nSPS) is 11.5. The van der Waals surface area contributed by atoms with E-state index in [-0.39, 0.29) is 6.61 Å². The van der Waals surface area contributed by atoms with Crippen LogP contribution in [0.4, 0.5) is 0 Å². The molecule has 2 rings (SSSR count). The molecule has 0 aliphatic rings. The molecule has 0 fully saturated rings. The van der Waals surface area contributed by atoms with E-state index in [0.29, 0.717) is 11.1 Å². The molecule has 0 radical (unpaired) electrons. The van der Waals surface area contributed by atoms with Gasteiger partial charge in [0.15, 0.2) is 0 Å². The molecule has 1 atom stereocenters. The van der Waals surface area contributed by atoms with Crippen LogP contribution in [-0.4, -0.2) is 18.5 Å². The average molecular weight is 298 g/mol. The molecule has 0 amide bonds. The highest BCUT2D eigenvalue weighted by molar-refractivity contribution is 5.93. The SMILES string of the molecule is CCOC(=O)C(OC(=O)c1ccccc1C)c1ccccc1. The summed E-state index contributed by atoms with van der Waals surface area (Å²) in [5, 5.41) is 0. The molecule has 0 aliphatic heterocycles. The van der Waals surface area contributed by atoms with Crippen molar-refractivity contribution in [1.29, 1.82) is 0 Å². The molecule has 1 unspecified atom stereocenters. The van der Waals surface area contributed by atoms with Crippen molar-refractivity contribution in [3.05, 3.63) is 71.3 Å². The average Bonchev–Trinajstić information content (AvgIpc) is 2.54. The first-order valence-electron chi connectivity index (χ1n) is 7.11. The summed E-state index contributed by atoms with van der Waals surface area (Å²) in [6, 6.07) is 15.9. The van der Waals surface area contributed by atoms with Gasteiger partial charge in [0.25, 0.3) is 0 Å². The Hall–Kier alpha value is -2.62. The van der Waals surface area contributed by atoms with E-state index in [1.807, 2.05) is 25.1 Å². The number of esters is 2. The van der Waals surface area contributed by atoms with E-state index in [2.05, 4.69) is 0 Å². The maximum Gasteiger partial charge on any atom is 0.352 e. The van der Waals surface area contributed by atoms with Crippen LogP contribution in [0.2, 0.25) is 0 Å². The highest BCUT2D eigenvalue weighted by atomic mass is 16.6. The van der Waals surface area contributed by atoms with E-state index < -0.39 is 18.0 Å². The van der Waals surface area contributed by atoms with Gasteiger partial charge in [0, 0.05) is 5.56 Å². The molecular formula is C18H18O4. The minimum absolute atomic E-state index is 0.226. The predicted octanol–water partition coefficient (Wildman–Crippen LogP) is 3.46. The first-order chi connectivity index (χ1) is 10.6. The van der Waals surface area contributed by atoms with Crippen LogP contribution in [0.25, 0.3) is 0 Å². The summed E-state index contributed by atoms with van der Waals surface area (Å²) in [5.74, 6) is -1.12. The Morgan fingerprint density at radius 2 is 1.64 bits per heavy atom. The lowest BCUT2D eigenvalue weighted by atomic mass is 10.1. The van der Waals surface area contributed by atoms with Gasteiger partial charge in [-0.05, 0) is 25.5 Å². The van der Waals surface area contributed by atoms with Gasteiger partial charge in [0.1, 0.15) is 0 Å². The molecule has 2 aromatic rings. The van der Waals surface area contributed by atoms with Gasteiger partial charge < -0.3 is 9.47 Å². The fourth-order valence-corrected chi connectivity index (χ4v) is 2.07. The van der Waals surface area contributed by atoms with Gasteiger partial charge in [-0.1, -0.05) is 48.5 Å². The third kappa shape index (κ3) is 3.73. The van der Waals surface area contributed by atoms with Gasteiger partial charge in [0.2, 0.25) is 6.10 Å². The Kier molecular flexibility index (Phi) is 5.31. The summed E-state index contributed by atoms with van der Waals surface area (Å²) in [6.45, 7) is 3.76. The maximum atomic E-state index is 12.3. The number of carbonyl (C=O) groups excluding carboxylic acids is 2. The third-order valence-electron chi connectivity index (χ3n) is 3.19. The smallest absolute Gasteiger partial charge is 0.352 e. The summed E-state index contributed by atoms with van der Waals surface area (Å²) in [5.41, 5.74) is 1.82. The number of hydrogen-bond donors (Lipinski definition) is 0. The van der Waals surface area contributed by atoms with Gasteiger partial charge in [0.05, 0.1) is 12.2 Å². The van der Waals surface area contributed by atoms with E-state index in [4.69, 9.17) is 9.47 Å². The van der Waals surface area contributed by atoms with Crippen LogP contribution >= 0.6 is 0 Å². The highest BCUT2D eigenvalue weighted by Gasteiger charge is 2.27. The summed E-state index contributed by atoms with van der Waals surface area (Å²) in [7, 11) is 0. The van der Waals surface area contributed by atoms with E-state index in [9.17, 15) is 9.59 Å². The molecule has 2 aromatic carbocycles. The van der Waals surface area contributed by atoms with Crippen LogP contribution in [0, 0.1) is 6.92 Å². The van der Waals surface area contributed by atoms with E-state index in [1.165, 1.54) is 0 Å². The van der Waals surface area contributed by atoms with Crippen molar-refractivity contribution in [2.45, 2.75) is 20.0 Å². The monoisotopic (exact) mass is 298 g/mol. The summed E-state index contributed by atoms with van der Waals surface area (Å²) >= 11 is 0. The van der Waals surface area contributed by atoms with Crippen molar-refractivity contribution < 1.29 is 19.1 Å². The molecule has 4 nitrogen and oxygen atoms in total. The molecule has 0 aromatic heterocycles. The summed E-state index contributed by atoms with van der Waals surface area (Å²) in [6.07, 6.45) is -1.06. The third-order valence-corrected chi connectivity index (χ3v) is 3.19. The quantitative estimate of drug-likeness (QED) is 0.793. The molecule has 0 bridgehead atoms. The van der Waals surface area contributed by atoms with E-state index >= 15 is 0 Å². The van der Waals surface area contributed by atoms with E-state index in [0.717, 1.165) is 5.56 Å². The topological polar surface area (TPSA) is 52.6 Å². The van der Waals surface area contributed by atoms with Crippen LogP contribution in [0.1, 0.15) is 34.5 Å². The fourth-order valence-electron chi connectivity index (χ4n) is 2.07.